The molecule has 1 heterocycles. The van der Waals surface area contributed by atoms with Crippen LogP contribution in [0.3, 0.4) is 0 Å². The molecule has 1 saturated heterocycles. The van der Waals surface area contributed by atoms with Crippen molar-refractivity contribution in [2.24, 2.45) is 11.8 Å². The first-order valence-corrected chi connectivity index (χ1v) is 13.7. The van der Waals surface area contributed by atoms with E-state index in [1.54, 1.807) is 6.08 Å². The molecule has 1 unspecified atom stereocenters. The summed E-state index contributed by atoms with van der Waals surface area (Å²) in [6, 6.07) is 0. The van der Waals surface area contributed by atoms with Gasteiger partial charge < -0.3 is 18.9 Å². The second kappa shape index (κ2) is 16.9. The average Bonchev–Trinajstić information content (AvgIpc) is 3.15. The summed E-state index contributed by atoms with van der Waals surface area (Å²) in [6.07, 6.45) is 15.4. The highest BCUT2D eigenvalue weighted by molar-refractivity contribution is 5.89. The quantitative estimate of drug-likeness (QED) is 0.155. The molecule has 0 spiro atoms. The fourth-order valence-electron chi connectivity index (χ4n) is 5.19. The van der Waals surface area contributed by atoms with Crippen LogP contribution in [0.15, 0.2) is 12.2 Å². The van der Waals surface area contributed by atoms with Crippen molar-refractivity contribution in [1.29, 1.82) is 0 Å². The van der Waals surface area contributed by atoms with E-state index in [4.69, 9.17) is 18.9 Å². The molecule has 2 fully saturated rings. The molecule has 200 valence electrons. The molecule has 5 atom stereocenters. The lowest BCUT2D eigenvalue weighted by Gasteiger charge is -2.29. The number of hydrogen-bond donors (Lipinski definition) is 0. The Morgan fingerprint density at radius 1 is 0.971 bits per heavy atom. The molecular formula is C28H46O7. The Labute approximate surface area is 211 Å². The number of carbonyl (C=O) groups excluding carboxylic acids is 3. The van der Waals surface area contributed by atoms with Crippen LogP contribution in [-0.4, -0.2) is 49.9 Å². The van der Waals surface area contributed by atoms with Crippen molar-refractivity contribution >= 4 is 17.7 Å². The largest absolute Gasteiger partial charge is 0.469 e. The molecule has 0 radical (unpaired) electrons. The third-order valence-electron chi connectivity index (χ3n) is 7.07. The minimum absolute atomic E-state index is 0.00456. The molecule has 7 heteroatoms. The number of ether oxygens (including phenoxy) is 4. The molecule has 35 heavy (non-hydrogen) atoms. The molecule has 2 rings (SSSR count). The molecule has 0 aromatic carbocycles. The van der Waals surface area contributed by atoms with Crippen LogP contribution < -0.4 is 0 Å². The van der Waals surface area contributed by atoms with Crippen molar-refractivity contribution in [3.63, 3.8) is 0 Å². The summed E-state index contributed by atoms with van der Waals surface area (Å²) in [5.41, 5.74) is 0. The highest BCUT2D eigenvalue weighted by Gasteiger charge is 2.45. The van der Waals surface area contributed by atoms with Gasteiger partial charge in [0.2, 0.25) is 0 Å². The predicted octanol–water partition coefficient (Wildman–Crippen LogP) is 5.69. The molecule has 0 amide bonds. The van der Waals surface area contributed by atoms with E-state index in [1.807, 2.05) is 6.08 Å². The molecule has 0 N–H and O–H groups in total. The zero-order valence-electron chi connectivity index (χ0n) is 22.0. The SMILES string of the molecule is CCCCCC(=O)/C=C/[C@@H]1[C@@H](CCCCCCC(=O)OC)[C@@H](OC(C)=O)C[C@H]1OC1CCCCO1. The Morgan fingerprint density at radius 2 is 1.74 bits per heavy atom. The fraction of sp³-hybridized carbons (Fsp3) is 0.821. The van der Waals surface area contributed by atoms with E-state index < -0.39 is 0 Å². The van der Waals surface area contributed by atoms with E-state index in [1.165, 1.54) is 14.0 Å². The maximum absolute atomic E-state index is 12.5. The van der Waals surface area contributed by atoms with Crippen molar-refractivity contribution in [3.8, 4) is 0 Å². The van der Waals surface area contributed by atoms with E-state index in [-0.39, 0.29) is 48.1 Å². The maximum Gasteiger partial charge on any atom is 0.305 e. The zero-order valence-corrected chi connectivity index (χ0v) is 22.0. The van der Waals surface area contributed by atoms with Gasteiger partial charge in [-0.1, -0.05) is 45.1 Å². The molecule has 1 aliphatic heterocycles. The standard InChI is InChI=1S/C28H46O7/c1-4-5-8-13-22(30)17-18-24-23(14-9-6-7-10-15-27(31)32-3)25(34-21(2)29)20-26(24)35-28-16-11-12-19-33-28/h17-18,23-26,28H,4-16,19-20H2,1-3H3/b18-17+/t23-,24-,25+,26-,28?/m1/s1. The van der Waals surface area contributed by atoms with E-state index in [9.17, 15) is 14.4 Å². The van der Waals surface area contributed by atoms with Gasteiger partial charge in [0.05, 0.1) is 13.2 Å². The van der Waals surface area contributed by atoms with Crippen LogP contribution in [0.25, 0.3) is 0 Å². The summed E-state index contributed by atoms with van der Waals surface area (Å²) in [5.74, 6) is -0.230. The summed E-state index contributed by atoms with van der Waals surface area (Å²) >= 11 is 0. The lowest BCUT2D eigenvalue weighted by atomic mass is 9.87. The Bertz CT molecular complexity index is 668. The molecule has 1 aliphatic carbocycles. The number of unbranched alkanes of at least 4 members (excludes halogenated alkanes) is 5. The van der Waals surface area contributed by atoms with Crippen molar-refractivity contribution in [2.75, 3.05) is 13.7 Å². The van der Waals surface area contributed by atoms with E-state index in [0.29, 0.717) is 25.9 Å². The van der Waals surface area contributed by atoms with Gasteiger partial charge in [-0.2, -0.15) is 0 Å². The minimum atomic E-state index is -0.286. The first-order chi connectivity index (χ1) is 16.9. The topological polar surface area (TPSA) is 88.1 Å². The summed E-state index contributed by atoms with van der Waals surface area (Å²) in [6.45, 7) is 4.28. The summed E-state index contributed by atoms with van der Waals surface area (Å²) in [7, 11) is 1.41. The van der Waals surface area contributed by atoms with Gasteiger partial charge in [-0.15, -0.1) is 0 Å². The van der Waals surface area contributed by atoms with Gasteiger partial charge in [0, 0.05) is 44.6 Å². The lowest BCUT2D eigenvalue weighted by Crippen LogP contribution is -2.30. The van der Waals surface area contributed by atoms with Gasteiger partial charge in [0.15, 0.2) is 12.1 Å². The molecule has 0 bridgehead atoms. The molecular weight excluding hydrogens is 448 g/mol. The second-order valence-corrected chi connectivity index (χ2v) is 9.91. The van der Waals surface area contributed by atoms with Crippen molar-refractivity contribution < 1.29 is 33.3 Å². The van der Waals surface area contributed by atoms with Crippen LogP contribution in [-0.2, 0) is 33.3 Å². The van der Waals surface area contributed by atoms with Crippen LogP contribution in [0.4, 0.5) is 0 Å². The van der Waals surface area contributed by atoms with E-state index in [0.717, 1.165) is 70.6 Å². The van der Waals surface area contributed by atoms with Crippen molar-refractivity contribution in [2.45, 2.75) is 122 Å². The monoisotopic (exact) mass is 494 g/mol. The highest BCUT2D eigenvalue weighted by atomic mass is 16.7. The first-order valence-electron chi connectivity index (χ1n) is 13.7. The summed E-state index contributed by atoms with van der Waals surface area (Å²) in [4.78, 5) is 35.7. The van der Waals surface area contributed by atoms with Gasteiger partial charge in [0.1, 0.15) is 6.10 Å². The van der Waals surface area contributed by atoms with Crippen LogP contribution in [0.2, 0.25) is 0 Å². The number of hydrogen-bond acceptors (Lipinski definition) is 7. The van der Waals surface area contributed by atoms with Crippen LogP contribution in [0.5, 0.6) is 0 Å². The van der Waals surface area contributed by atoms with Crippen LogP contribution in [0, 0.1) is 11.8 Å². The number of ketones is 1. The van der Waals surface area contributed by atoms with E-state index >= 15 is 0 Å². The average molecular weight is 495 g/mol. The Morgan fingerprint density at radius 3 is 2.43 bits per heavy atom. The van der Waals surface area contributed by atoms with Crippen molar-refractivity contribution in [3.05, 3.63) is 12.2 Å². The Hall–Kier alpha value is -1.73. The third kappa shape index (κ3) is 11.2. The molecule has 0 aromatic rings. The molecule has 7 nitrogen and oxygen atoms in total. The highest BCUT2D eigenvalue weighted by Crippen LogP contribution is 2.41. The van der Waals surface area contributed by atoms with Gasteiger partial charge in [-0.25, -0.2) is 0 Å². The number of allylic oxidation sites excluding steroid dienone is 1. The zero-order chi connectivity index (χ0) is 25.5. The Kier molecular flexibility index (Phi) is 14.2. The molecule has 2 aliphatic rings. The number of methoxy groups -OCH3 is 1. The van der Waals surface area contributed by atoms with Crippen molar-refractivity contribution in [1.82, 2.24) is 0 Å². The first kappa shape index (κ1) is 29.5. The molecule has 1 saturated carbocycles. The second-order valence-electron chi connectivity index (χ2n) is 9.91. The van der Waals surface area contributed by atoms with Gasteiger partial charge in [-0.3, -0.25) is 14.4 Å². The van der Waals surface area contributed by atoms with Crippen LogP contribution in [0.1, 0.15) is 104 Å². The van der Waals surface area contributed by atoms with Gasteiger partial charge in [-0.05, 0) is 44.6 Å². The maximum atomic E-state index is 12.5. The van der Waals surface area contributed by atoms with E-state index in [2.05, 4.69) is 6.92 Å². The summed E-state index contributed by atoms with van der Waals surface area (Å²) < 4.78 is 22.7. The predicted molar refractivity (Wildman–Crippen MR) is 134 cm³/mol. The number of esters is 2. The third-order valence-corrected chi connectivity index (χ3v) is 7.07. The lowest BCUT2D eigenvalue weighted by molar-refractivity contribution is -0.193. The molecule has 0 aromatic heterocycles. The summed E-state index contributed by atoms with van der Waals surface area (Å²) in [5, 5.41) is 0. The minimum Gasteiger partial charge on any atom is -0.469 e. The number of carbonyl (C=O) groups is 3. The number of rotatable bonds is 16. The normalized spacial score (nSPS) is 26.7. The fourth-order valence-corrected chi connectivity index (χ4v) is 5.19. The van der Waals surface area contributed by atoms with Crippen LogP contribution >= 0.6 is 0 Å². The van der Waals surface area contributed by atoms with Gasteiger partial charge in [0.25, 0.3) is 0 Å². The van der Waals surface area contributed by atoms with Gasteiger partial charge >= 0.3 is 11.9 Å². The smallest absolute Gasteiger partial charge is 0.305 e. The Balaban J connectivity index is 2.04.